The van der Waals surface area contributed by atoms with Gasteiger partial charge in [-0.05, 0) is 6.42 Å². The number of unbranched alkanes of at least 4 members (excludes halogenated alkanes) is 16. The molecule has 26 heavy (non-hydrogen) atoms. The van der Waals surface area contributed by atoms with Gasteiger partial charge in [-0.3, -0.25) is 0 Å². The average molecular weight is 430 g/mol. The van der Waals surface area contributed by atoms with Crippen LogP contribution in [0.2, 0.25) is 0 Å². The first-order chi connectivity index (χ1) is 12.5. The summed E-state index contributed by atoms with van der Waals surface area (Å²) < 4.78 is 2.95. The van der Waals surface area contributed by atoms with Crippen LogP contribution in [0.1, 0.15) is 116 Å². The molecule has 0 aliphatic carbocycles. The Bertz CT molecular complexity index is 317. The summed E-state index contributed by atoms with van der Waals surface area (Å²) in [6.07, 6.45) is 22.5. The molecule has 0 aliphatic rings. The predicted octanol–water partition coefficient (Wildman–Crippen LogP) is 8.55. The Balaban J connectivity index is 3.10. The fraction of sp³-hybridized carbons (Fsp3) is 0.952. The maximum Gasteiger partial charge on any atom is 0.358 e. The smallest absolute Gasteiger partial charge is 0.358 e. The maximum atomic E-state index is 11.2. The fourth-order valence-corrected chi connectivity index (χ4v) is 3.24. The second-order valence-electron chi connectivity index (χ2n) is 7.29. The Morgan fingerprint density at radius 1 is 0.615 bits per heavy atom. The SMILES string of the molecule is CCCCCCCCCCCCCCCCCCCOC(=O)C(Cl)(Cl)Cl. The van der Waals surface area contributed by atoms with Crippen molar-refractivity contribution in [2.75, 3.05) is 6.61 Å². The van der Waals surface area contributed by atoms with E-state index in [0.717, 1.165) is 12.8 Å². The topological polar surface area (TPSA) is 26.3 Å². The van der Waals surface area contributed by atoms with Crippen LogP contribution in [-0.4, -0.2) is 16.4 Å². The van der Waals surface area contributed by atoms with Gasteiger partial charge < -0.3 is 4.74 Å². The first kappa shape index (κ1) is 26.3. The summed E-state index contributed by atoms with van der Waals surface area (Å²) in [5.41, 5.74) is 0. The number of hydrogen-bond donors (Lipinski definition) is 0. The lowest BCUT2D eigenvalue weighted by Crippen LogP contribution is -2.22. The summed E-state index contributed by atoms with van der Waals surface area (Å²) in [7, 11) is 0. The maximum absolute atomic E-state index is 11.2. The lowest BCUT2D eigenvalue weighted by molar-refractivity contribution is -0.142. The largest absolute Gasteiger partial charge is 0.463 e. The third-order valence-corrected chi connectivity index (χ3v) is 5.18. The van der Waals surface area contributed by atoms with Gasteiger partial charge in [0.15, 0.2) is 0 Å². The zero-order chi connectivity index (χ0) is 19.5. The summed E-state index contributed by atoms with van der Waals surface area (Å²) in [4.78, 5) is 11.2. The molecule has 0 heterocycles. The molecule has 0 atom stereocenters. The van der Waals surface area contributed by atoms with Crippen LogP contribution in [0.15, 0.2) is 0 Å². The summed E-state index contributed by atoms with van der Waals surface area (Å²) in [6.45, 7) is 2.61. The quantitative estimate of drug-likeness (QED) is 0.124. The standard InChI is InChI=1S/C21H39Cl3O2/c1-2-3-4-5-6-7-8-9-10-11-12-13-14-15-16-17-18-19-26-20(25)21(22,23)24/h2-19H2,1H3. The molecule has 0 rings (SSSR count). The van der Waals surface area contributed by atoms with Crippen molar-refractivity contribution in [3.05, 3.63) is 0 Å². The first-order valence-electron chi connectivity index (χ1n) is 10.7. The molecule has 0 radical (unpaired) electrons. The Morgan fingerprint density at radius 3 is 1.23 bits per heavy atom. The molecule has 0 saturated carbocycles. The van der Waals surface area contributed by atoms with Gasteiger partial charge >= 0.3 is 5.97 Å². The van der Waals surface area contributed by atoms with E-state index in [1.165, 1.54) is 96.3 Å². The van der Waals surface area contributed by atoms with Crippen molar-refractivity contribution in [1.29, 1.82) is 0 Å². The van der Waals surface area contributed by atoms with E-state index in [-0.39, 0.29) is 0 Å². The summed E-state index contributed by atoms with van der Waals surface area (Å²) in [6, 6.07) is 0. The molecule has 0 amide bonds. The molecular weight excluding hydrogens is 391 g/mol. The number of esters is 1. The van der Waals surface area contributed by atoms with E-state index in [1.54, 1.807) is 0 Å². The van der Waals surface area contributed by atoms with Crippen LogP contribution >= 0.6 is 34.8 Å². The Morgan fingerprint density at radius 2 is 0.923 bits per heavy atom. The minimum atomic E-state index is -1.95. The summed E-state index contributed by atoms with van der Waals surface area (Å²) in [5.74, 6) is -0.779. The fourth-order valence-electron chi connectivity index (χ4n) is 3.07. The Labute approximate surface area is 176 Å². The van der Waals surface area contributed by atoms with E-state index in [1.807, 2.05) is 0 Å². The number of ether oxygens (including phenoxy) is 1. The Hall–Kier alpha value is 0.340. The molecule has 0 aromatic heterocycles. The number of hydrogen-bond acceptors (Lipinski definition) is 2. The van der Waals surface area contributed by atoms with Gasteiger partial charge in [0, 0.05) is 0 Å². The normalized spacial score (nSPS) is 11.7. The van der Waals surface area contributed by atoms with Crippen LogP contribution in [0.5, 0.6) is 0 Å². The van der Waals surface area contributed by atoms with Gasteiger partial charge in [0.05, 0.1) is 6.61 Å². The van der Waals surface area contributed by atoms with E-state index in [2.05, 4.69) is 6.92 Å². The van der Waals surface area contributed by atoms with Crippen molar-refractivity contribution >= 4 is 40.8 Å². The van der Waals surface area contributed by atoms with E-state index < -0.39 is 9.76 Å². The molecule has 5 heteroatoms. The second kappa shape index (κ2) is 18.7. The van der Waals surface area contributed by atoms with Crippen LogP contribution in [0.4, 0.5) is 0 Å². The summed E-state index contributed by atoms with van der Waals surface area (Å²) in [5, 5.41) is 0. The molecule has 0 unspecified atom stereocenters. The minimum Gasteiger partial charge on any atom is -0.463 e. The van der Waals surface area contributed by atoms with Crippen molar-refractivity contribution in [3.8, 4) is 0 Å². The highest BCUT2D eigenvalue weighted by atomic mass is 35.6. The highest BCUT2D eigenvalue weighted by molar-refractivity contribution is 6.75. The monoisotopic (exact) mass is 428 g/mol. The zero-order valence-electron chi connectivity index (χ0n) is 16.7. The molecular formula is C21H39Cl3O2. The molecule has 0 aromatic carbocycles. The third kappa shape index (κ3) is 19.1. The molecule has 0 saturated heterocycles. The van der Waals surface area contributed by atoms with Gasteiger partial charge in [-0.1, -0.05) is 144 Å². The molecule has 156 valence electrons. The van der Waals surface area contributed by atoms with Crippen LogP contribution < -0.4 is 0 Å². The minimum absolute atomic E-state index is 0.339. The van der Waals surface area contributed by atoms with Gasteiger partial charge in [-0.25, -0.2) is 4.79 Å². The zero-order valence-corrected chi connectivity index (χ0v) is 18.9. The molecule has 0 N–H and O–H groups in total. The van der Waals surface area contributed by atoms with E-state index in [9.17, 15) is 4.79 Å². The lowest BCUT2D eigenvalue weighted by Gasteiger charge is -2.10. The molecule has 0 aromatic rings. The van der Waals surface area contributed by atoms with Gasteiger partial charge in [0.2, 0.25) is 0 Å². The molecule has 2 nitrogen and oxygen atoms in total. The van der Waals surface area contributed by atoms with Crippen molar-refractivity contribution in [1.82, 2.24) is 0 Å². The third-order valence-electron chi connectivity index (χ3n) is 4.71. The van der Waals surface area contributed by atoms with Gasteiger partial charge in [-0.15, -0.1) is 0 Å². The highest BCUT2D eigenvalue weighted by Gasteiger charge is 2.32. The number of halogens is 3. The number of rotatable bonds is 18. The molecule has 0 aliphatic heterocycles. The van der Waals surface area contributed by atoms with Crippen molar-refractivity contribution in [2.45, 2.75) is 120 Å². The molecule has 0 bridgehead atoms. The first-order valence-corrected chi connectivity index (χ1v) is 11.9. The van der Waals surface area contributed by atoms with Crippen molar-refractivity contribution < 1.29 is 9.53 Å². The predicted molar refractivity (Wildman–Crippen MR) is 115 cm³/mol. The van der Waals surface area contributed by atoms with E-state index >= 15 is 0 Å². The number of carbonyl (C=O) groups excluding carboxylic acids is 1. The van der Waals surface area contributed by atoms with Crippen LogP contribution in [0.25, 0.3) is 0 Å². The van der Waals surface area contributed by atoms with Crippen LogP contribution in [0, 0.1) is 0 Å². The van der Waals surface area contributed by atoms with Gasteiger partial charge in [0.1, 0.15) is 0 Å². The van der Waals surface area contributed by atoms with Crippen molar-refractivity contribution in [2.24, 2.45) is 0 Å². The van der Waals surface area contributed by atoms with Crippen LogP contribution in [-0.2, 0) is 9.53 Å². The second-order valence-corrected chi connectivity index (χ2v) is 9.57. The number of carbonyl (C=O) groups is 1. The lowest BCUT2D eigenvalue weighted by atomic mass is 10.0. The van der Waals surface area contributed by atoms with E-state index in [4.69, 9.17) is 39.5 Å². The van der Waals surface area contributed by atoms with Gasteiger partial charge in [0.25, 0.3) is 3.79 Å². The van der Waals surface area contributed by atoms with E-state index in [0.29, 0.717) is 6.61 Å². The average Bonchev–Trinajstić information content (AvgIpc) is 2.59. The summed E-state index contributed by atoms with van der Waals surface area (Å²) >= 11 is 16.3. The molecule has 0 fully saturated rings. The van der Waals surface area contributed by atoms with Crippen molar-refractivity contribution in [3.63, 3.8) is 0 Å². The van der Waals surface area contributed by atoms with Crippen LogP contribution in [0.3, 0.4) is 0 Å². The van der Waals surface area contributed by atoms with Gasteiger partial charge in [-0.2, -0.15) is 0 Å². The molecule has 0 spiro atoms. The Kier molecular flexibility index (Phi) is 18.9. The number of alkyl halides is 3. The highest BCUT2D eigenvalue weighted by Crippen LogP contribution is 2.27.